The minimum Gasteiger partial charge on any atom is -0.480 e. The fourth-order valence-corrected chi connectivity index (χ4v) is 1.65. The molecule has 0 atom stereocenters. The zero-order valence-corrected chi connectivity index (χ0v) is 11.0. The maximum Gasteiger partial charge on any atom is 0.322 e. The molecule has 0 spiro atoms. The van der Waals surface area contributed by atoms with E-state index >= 15 is 0 Å². The van der Waals surface area contributed by atoms with Gasteiger partial charge in [0, 0.05) is 4.47 Å². The second-order valence-electron chi connectivity index (χ2n) is 3.01. The van der Waals surface area contributed by atoms with E-state index < -0.39 is 11.9 Å². The number of carbonyl (C=O) groups excluding carboxylic acids is 1. The van der Waals surface area contributed by atoms with Gasteiger partial charge in [-0.1, -0.05) is 12.1 Å². The standard InChI is InChI=1S/C10H9BrN2O3S/c11-7-4-2-1-3-6(7)9(16)13-10(17)12-5-8(14)15/h1-4H,5H2,(H,14,15)(H2,12,13,16,17). The quantitative estimate of drug-likeness (QED) is 0.729. The number of carboxylic acids is 1. The van der Waals surface area contributed by atoms with E-state index in [2.05, 4.69) is 26.6 Å². The van der Waals surface area contributed by atoms with Crippen LogP contribution in [0.1, 0.15) is 10.4 Å². The average molecular weight is 317 g/mol. The van der Waals surface area contributed by atoms with Crippen LogP contribution in [0.25, 0.3) is 0 Å². The first-order valence-corrected chi connectivity index (χ1v) is 5.76. The number of hydrogen-bond donors (Lipinski definition) is 3. The molecule has 7 heteroatoms. The number of hydrogen-bond acceptors (Lipinski definition) is 3. The van der Waals surface area contributed by atoms with E-state index in [1.807, 2.05) is 0 Å². The van der Waals surface area contributed by atoms with Gasteiger partial charge in [0.1, 0.15) is 6.54 Å². The van der Waals surface area contributed by atoms with E-state index in [0.29, 0.717) is 10.0 Å². The van der Waals surface area contributed by atoms with Gasteiger partial charge in [0.05, 0.1) is 5.56 Å². The minimum atomic E-state index is -1.05. The van der Waals surface area contributed by atoms with Gasteiger partial charge in [0.25, 0.3) is 5.91 Å². The van der Waals surface area contributed by atoms with Crippen LogP contribution in [0.5, 0.6) is 0 Å². The molecule has 3 N–H and O–H groups in total. The normalized spacial score (nSPS) is 9.47. The highest BCUT2D eigenvalue weighted by Gasteiger charge is 2.10. The fraction of sp³-hybridized carbons (Fsp3) is 0.100. The molecule has 0 bridgehead atoms. The van der Waals surface area contributed by atoms with Crippen molar-refractivity contribution in [3.63, 3.8) is 0 Å². The van der Waals surface area contributed by atoms with Crippen molar-refractivity contribution in [2.24, 2.45) is 0 Å². The van der Waals surface area contributed by atoms with Crippen molar-refractivity contribution < 1.29 is 14.7 Å². The summed E-state index contributed by atoms with van der Waals surface area (Å²) in [6.07, 6.45) is 0. The number of thiocarbonyl (C=S) groups is 1. The Balaban J connectivity index is 2.58. The molecule has 17 heavy (non-hydrogen) atoms. The molecule has 0 saturated carbocycles. The summed E-state index contributed by atoms with van der Waals surface area (Å²) in [5.41, 5.74) is 0.423. The lowest BCUT2D eigenvalue weighted by molar-refractivity contribution is -0.135. The van der Waals surface area contributed by atoms with Crippen LogP contribution in [-0.4, -0.2) is 28.6 Å². The maximum atomic E-state index is 11.7. The zero-order valence-electron chi connectivity index (χ0n) is 8.57. The Labute approximate surface area is 111 Å². The van der Waals surface area contributed by atoms with Crippen LogP contribution in [0.3, 0.4) is 0 Å². The van der Waals surface area contributed by atoms with E-state index in [4.69, 9.17) is 17.3 Å². The Morgan fingerprint density at radius 2 is 2.00 bits per heavy atom. The summed E-state index contributed by atoms with van der Waals surface area (Å²) in [6, 6.07) is 6.84. The maximum absolute atomic E-state index is 11.7. The summed E-state index contributed by atoms with van der Waals surface area (Å²) in [5, 5.41) is 13.2. The molecule has 0 aliphatic rings. The number of carbonyl (C=O) groups is 2. The molecule has 0 heterocycles. The van der Waals surface area contributed by atoms with Gasteiger partial charge in [-0.15, -0.1) is 0 Å². The highest BCUT2D eigenvalue weighted by Crippen LogP contribution is 2.15. The van der Waals surface area contributed by atoms with Crippen LogP contribution >= 0.6 is 28.1 Å². The average Bonchev–Trinajstić information content (AvgIpc) is 2.26. The Bertz CT molecular complexity index is 465. The van der Waals surface area contributed by atoms with Crippen LogP contribution in [-0.2, 0) is 4.79 Å². The summed E-state index contributed by atoms with van der Waals surface area (Å²) < 4.78 is 0.638. The number of halogens is 1. The molecule has 1 amide bonds. The van der Waals surface area contributed by atoms with Gasteiger partial charge in [-0.05, 0) is 40.3 Å². The third-order valence-corrected chi connectivity index (χ3v) is 2.68. The molecule has 0 aliphatic heterocycles. The Morgan fingerprint density at radius 3 is 2.59 bits per heavy atom. The van der Waals surface area contributed by atoms with Crippen molar-refractivity contribution in [3.8, 4) is 0 Å². The molecule has 90 valence electrons. The minimum absolute atomic E-state index is 0.0202. The molecule has 0 saturated heterocycles. The fourth-order valence-electron chi connectivity index (χ4n) is 1.02. The summed E-state index contributed by atoms with van der Waals surface area (Å²) in [6.45, 7) is -0.338. The van der Waals surface area contributed by atoms with Crippen LogP contribution in [0.2, 0.25) is 0 Å². The van der Waals surface area contributed by atoms with Crippen LogP contribution in [0.4, 0.5) is 0 Å². The Kier molecular flexibility index (Phi) is 5.05. The molecule has 0 aliphatic carbocycles. The van der Waals surface area contributed by atoms with Crippen molar-refractivity contribution in [2.75, 3.05) is 6.54 Å². The molecular formula is C10H9BrN2O3S. The van der Waals surface area contributed by atoms with Gasteiger partial charge in [0.15, 0.2) is 5.11 Å². The molecule has 1 aromatic rings. The predicted octanol–water partition coefficient (Wildman–Crippen LogP) is 1.14. The smallest absolute Gasteiger partial charge is 0.322 e. The summed E-state index contributed by atoms with van der Waals surface area (Å²) in [5.74, 6) is -1.46. The summed E-state index contributed by atoms with van der Waals surface area (Å²) in [7, 11) is 0. The van der Waals surface area contributed by atoms with Crippen molar-refractivity contribution >= 4 is 45.1 Å². The molecule has 1 rings (SSSR count). The summed E-state index contributed by atoms with van der Waals surface area (Å²) in [4.78, 5) is 22.0. The first kappa shape index (κ1) is 13.6. The van der Waals surface area contributed by atoms with Crippen molar-refractivity contribution in [3.05, 3.63) is 34.3 Å². The molecule has 5 nitrogen and oxygen atoms in total. The van der Waals surface area contributed by atoms with Gasteiger partial charge < -0.3 is 10.4 Å². The topological polar surface area (TPSA) is 78.4 Å². The third-order valence-electron chi connectivity index (χ3n) is 1.75. The first-order chi connectivity index (χ1) is 8.00. The number of carboxylic acid groups (broad SMARTS) is 1. The highest BCUT2D eigenvalue weighted by atomic mass is 79.9. The van der Waals surface area contributed by atoms with Crippen molar-refractivity contribution in [2.45, 2.75) is 0 Å². The number of aliphatic carboxylic acids is 1. The Hall–Kier alpha value is -1.47. The molecule has 1 aromatic carbocycles. The third kappa shape index (κ3) is 4.49. The molecule has 0 aromatic heterocycles. The van der Waals surface area contributed by atoms with E-state index in [9.17, 15) is 9.59 Å². The molecular weight excluding hydrogens is 308 g/mol. The molecule has 0 fully saturated rings. The number of benzene rings is 1. The SMILES string of the molecule is O=C(O)CNC(=S)NC(=O)c1ccccc1Br. The lowest BCUT2D eigenvalue weighted by atomic mass is 10.2. The highest BCUT2D eigenvalue weighted by molar-refractivity contribution is 9.10. The predicted molar refractivity (Wildman–Crippen MR) is 69.8 cm³/mol. The van der Waals surface area contributed by atoms with E-state index in [0.717, 1.165) is 0 Å². The van der Waals surface area contributed by atoms with Gasteiger partial charge in [-0.3, -0.25) is 14.9 Å². The lowest BCUT2D eigenvalue weighted by Crippen LogP contribution is -2.41. The largest absolute Gasteiger partial charge is 0.480 e. The van der Waals surface area contributed by atoms with E-state index in [1.54, 1.807) is 24.3 Å². The van der Waals surface area contributed by atoms with Crippen LogP contribution < -0.4 is 10.6 Å². The second kappa shape index (κ2) is 6.31. The van der Waals surface area contributed by atoms with E-state index in [1.165, 1.54) is 0 Å². The monoisotopic (exact) mass is 316 g/mol. The zero-order chi connectivity index (χ0) is 12.8. The van der Waals surface area contributed by atoms with Crippen LogP contribution in [0, 0.1) is 0 Å². The van der Waals surface area contributed by atoms with Gasteiger partial charge in [-0.25, -0.2) is 0 Å². The van der Waals surface area contributed by atoms with Gasteiger partial charge in [-0.2, -0.15) is 0 Å². The van der Waals surface area contributed by atoms with Gasteiger partial charge in [0.2, 0.25) is 0 Å². The molecule has 0 radical (unpaired) electrons. The second-order valence-corrected chi connectivity index (χ2v) is 4.27. The van der Waals surface area contributed by atoms with Gasteiger partial charge >= 0.3 is 5.97 Å². The Morgan fingerprint density at radius 1 is 1.35 bits per heavy atom. The van der Waals surface area contributed by atoms with Crippen molar-refractivity contribution in [1.82, 2.24) is 10.6 Å². The summed E-state index contributed by atoms with van der Waals surface area (Å²) >= 11 is 8.00. The first-order valence-electron chi connectivity index (χ1n) is 4.56. The van der Waals surface area contributed by atoms with Crippen molar-refractivity contribution in [1.29, 1.82) is 0 Å². The molecule has 0 unspecified atom stereocenters. The van der Waals surface area contributed by atoms with E-state index in [-0.39, 0.29) is 11.7 Å². The number of rotatable bonds is 3. The number of amides is 1. The lowest BCUT2D eigenvalue weighted by Gasteiger charge is -2.08. The van der Waals surface area contributed by atoms with Crippen LogP contribution in [0.15, 0.2) is 28.7 Å². The number of nitrogens with one attached hydrogen (secondary N) is 2.